The summed E-state index contributed by atoms with van der Waals surface area (Å²) >= 11 is 1.69. The van der Waals surface area contributed by atoms with Crippen LogP contribution in [-0.2, 0) is 16.1 Å². The van der Waals surface area contributed by atoms with Crippen molar-refractivity contribution >= 4 is 28.7 Å². The number of methoxy groups -OCH3 is 1. The number of carbonyl (C=O) groups is 1. The van der Waals surface area contributed by atoms with Crippen molar-refractivity contribution < 1.29 is 9.53 Å². The maximum Gasteiger partial charge on any atom is 0.308 e. The SMILES string of the molecule is COC(=O)C[C@@H]1N=C(c2ccc(NCc3ccncc3)cc2)c2c(sc(C)c2C)-n2c(C)nnc21. The van der Waals surface area contributed by atoms with E-state index in [1.807, 2.05) is 23.6 Å². The minimum absolute atomic E-state index is 0.0939. The molecule has 1 aliphatic heterocycles. The van der Waals surface area contributed by atoms with Gasteiger partial charge >= 0.3 is 5.97 Å². The zero-order chi connectivity index (χ0) is 24.5. The van der Waals surface area contributed by atoms with Crippen molar-refractivity contribution in [3.05, 3.63) is 87.6 Å². The number of carbonyl (C=O) groups excluding carboxylic acids is 1. The molecule has 0 spiro atoms. The number of rotatable bonds is 6. The van der Waals surface area contributed by atoms with Crippen LogP contribution in [0.25, 0.3) is 5.00 Å². The Labute approximate surface area is 207 Å². The summed E-state index contributed by atoms with van der Waals surface area (Å²) in [6, 6.07) is 11.7. The topological polar surface area (TPSA) is 94.3 Å². The van der Waals surface area contributed by atoms with Crippen molar-refractivity contribution in [3.63, 3.8) is 0 Å². The van der Waals surface area contributed by atoms with Gasteiger partial charge in [0.25, 0.3) is 0 Å². The molecule has 35 heavy (non-hydrogen) atoms. The lowest BCUT2D eigenvalue weighted by molar-refractivity contribution is -0.141. The molecule has 1 N–H and O–H groups in total. The largest absolute Gasteiger partial charge is 0.469 e. The average molecular weight is 487 g/mol. The fourth-order valence-electron chi connectivity index (χ4n) is 4.22. The molecular formula is C26H26N6O2S. The highest BCUT2D eigenvalue weighted by atomic mass is 32.1. The lowest BCUT2D eigenvalue weighted by Crippen LogP contribution is -2.12. The van der Waals surface area contributed by atoms with E-state index in [4.69, 9.17) is 9.73 Å². The van der Waals surface area contributed by atoms with Crippen molar-refractivity contribution in [3.8, 4) is 5.00 Å². The highest BCUT2D eigenvalue weighted by Gasteiger charge is 2.32. The van der Waals surface area contributed by atoms with Crippen LogP contribution in [-0.4, -0.2) is 38.5 Å². The van der Waals surface area contributed by atoms with Gasteiger partial charge in [-0.2, -0.15) is 0 Å². The van der Waals surface area contributed by atoms with E-state index in [1.54, 1.807) is 23.7 Å². The molecule has 0 unspecified atom stereocenters. The molecule has 1 aliphatic rings. The molecule has 4 aromatic rings. The average Bonchev–Trinajstić information content (AvgIpc) is 3.35. The van der Waals surface area contributed by atoms with Crippen LogP contribution in [0.15, 0.2) is 53.8 Å². The molecule has 0 saturated heterocycles. The Morgan fingerprint density at radius 1 is 1.09 bits per heavy atom. The van der Waals surface area contributed by atoms with Crippen molar-refractivity contribution in [2.24, 2.45) is 4.99 Å². The maximum absolute atomic E-state index is 12.3. The molecule has 4 heterocycles. The first-order valence-corrected chi connectivity index (χ1v) is 12.2. The zero-order valence-electron chi connectivity index (χ0n) is 20.1. The Morgan fingerprint density at radius 2 is 1.83 bits per heavy atom. The molecule has 0 fully saturated rings. The van der Waals surface area contributed by atoms with Gasteiger partial charge in [-0.1, -0.05) is 12.1 Å². The second kappa shape index (κ2) is 9.42. The molecule has 9 heteroatoms. The van der Waals surface area contributed by atoms with Gasteiger partial charge in [0.2, 0.25) is 0 Å². The predicted molar refractivity (Wildman–Crippen MR) is 136 cm³/mol. The van der Waals surface area contributed by atoms with Gasteiger partial charge in [0.05, 0.1) is 19.2 Å². The third-order valence-electron chi connectivity index (χ3n) is 6.23. The molecule has 0 bridgehead atoms. The zero-order valence-corrected chi connectivity index (χ0v) is 20.9. The van der Waals surface area contributed by atoms with E-state index in [-0.39, 0.29) is 12.4 Å². The van der Waals surface area contributed by atoms with Gasteiger partial charge in [0.15, 0.2) is 5.82 Å². The quantitative estimate of drug-likeness (QED) is 0.397. The second-order valence-electron chi connectivity index (χ2n) is 8.46. The van der Waals surface area contributed by atoms with Crippen molar-refractivity contribution in [1.29, 1.82) is 0 Å². The van der Waals surface area contributed by atoms with Gasteiger partial charge in [-0.25, -0.2) is 0 Å². The number of nitrogens with one attached hydrogen (secondary N) is 1. The summed E-state index contributed by atoms with van der Waals surface area (Å²) < 4.78 is 7.00. The van der Waals surface area contributed by atoms with Gasteiger partial charge < -0.3 is 10.1 Å². The number of nitrogens with zero attached hydrogens (tertiary/aromatic N) is 5. The van der Waals surface area contributed by atoms with Crippen LogP contribution in [0, 0.1) is 20.8 Å². The Bertz CT molecular complexity index is 1410. The highest BCUT2D eigenvalue weighted by Crippen LogP contribution is 2.39. The van der Waals surface area contributed by atoms with E-state index in [9.17, 15) is 4.79 Å². The number of aliphatic imine (C=N–C) groups is 1. The van der Waals surface area contributed by atoms with Crippen LogP contribution in [0.3, 0.4) is 0 Å². The first kappa shape index (κ1) is 22.9. The Hall–Kier alpha value is -3.85. The van der Waals surface area contributed by atoms with E-state index >= 15 is 0 Å². The van der Waals surface area contributed by atoms with Gasteiger partial charge in [-0.05, 0) is 56.2 Å². The van der Waals surface area contributed by atoms with E-state index < -0.39 is 6.04 Å². The van der Waals surface area contributed by atoms with Gasteiger partial charge in [-0.15, -0.1) is 21.5 Å². The van der Waals surface area contributed by atoms with E-state index in [1.165, 1.54) is 17.6 Å². The summed E-state index contributed by atoms with van der Waals surface area (Å²) in [5.41, 5.74) is 6.23. The number of aryl methyl sites for hydroxylation is 2. The number of aromatic nitrogens is 4. The molecule has 0 radical (unpaired) electrons. The lowest BCUT2D eigenvalue weighted by atomic mass is 9.99. The van der Waals surface area contributed by atoms with E-state index in [2.05, 4.69) is 58.6 Å². The van der Waals surface area contributed by atoms with Gasteiger partial charge in [0.1, 0.15) is 16.9 Å². The second-order valence-corrected chi connectivity index (χ2v) is 9.67. The summed E-state index contributed by atoms with van der Waals surface area (Å²) in [4.78, 5) is 22.6. The summed E-state index contributed by atoms with van der Waals surface area (Å²) in [5, 5.41) is 13.2. The number of thiophene rings is 1. The molecule has 1 atom stereocenters. The Balaban J connectivity index is 1.55. The van der Waals surface area contributed by atoms with Crippen LogP contribution < -0.4 is 5.32 Å². The number of pyridine rings is 1. The third-order valence-corrected chi connectivity index (χ3v) is 7.42. The fraction of sp³-hybridized carbons (Fsp3) is 0.269. The third kappa shape index (κ3) is 4.35. The highest BCUT2D eigenvalue weighted by molar-refractivity contribution is 7.15. The van der Waals surface area contributed by atoms with Crippen LogP contribution in [0.4, 0.5) is 5.69 Å². The van der Waals surface area contributed by atoms with Crippen LogP contribution in [0.2, 0.25) is 0 Å². The minimum atomic E-state index is -0.498. The van der Waals surface area contributed by atoms with Crippen LogP contribution in [0.1, 0.15) is 51.2 Å². The van der Waals surface area contributed by atoms with Crippen molar-refractivity contribution in [2.75, 3.05) is 12.4 Å². The van der Waals surface area contributed by atoms with Crippen molar-refractivity contribution in [1.82, 2.24) is 19.7 Å². The molecule has 8 nitrogen and oxygen atoms in total. The molecule has 0 amide bonds. The number of benzene rings is 1. The predicted octanol–water partition coefficient (Wildman–Crippen LogP) is 4.72. The van der Waals surface area contributed by atoms with E-state index in [0.29, 0.717) is 12.4 Å². The minimum Gasteiger partial charge on any atom is -0.469 e. The van der Waals surface area contributed by atoms with Crippen LogP contribution >= 0.6 is 11.3 Å². The van der Waals surface area contributed by atoms with Crippen molar-refractivity contribution in [2.45, 2.75) is 39.8 Å². The van der Waals surface area contributed by atoms with Crippen LogP contribution in [0.5, 0.6) is 0 Å². The fourth-order valence-corrected chi connectivity index (χ4v) is 5.43. The molecular weight excluding hydrogens is 460 g/mol. The normalized spacial score (nSPS) is 14.5. The molecule has 5 rings (SSSR count). The first-order chi connectivity index (χ1) is 17.0. The monoisotopic (exact) mass is 486 g/mol. The summed E-state index contributed by atoms with van der Waals surface area (Å²) in [6.45, 7) is 6.87. The molecule has 3 aromatic heterocycles. The summed E-state index contributed by atoms with van der Waals surface area (Å²) in [7, 11) is 1.39. The van der Waals surface area contributed by atoms with Gasteiger partial charge in [-0.3, -0.25) is 19.3 Å². The Kier molecular flexibility index (Phi) is 6.17. The summed E-state index contributed by atoms with van der Waals surface area (Å²) in [5.74, 6) is 1.09. The molecule has 1 aromatic carbocycles. The van der Waals surface area contributed by atoms with Gasteiger partial charge in [0, 0.05) is 40.6 Å². The summed E-state index contributed by atoms with van der Waals surface area (Å²) in [6.07, 6.45) is 3.68. The number of hydrogen-bond acceptors (Lipinski definition) is 8. The number of anilines is 1. The number of esters is 1. The maximum atomic E-state index is 12.3. The number of fused-ring (bicyclic) bond motifs is 3. The lowest BCUT2D eigenvalue weighted by Gasteiger charge is -2.12. The molecule has 0 aliphatic carbocycles. The first-order valence-electron chi connectivity index (χ1n) is 11.4. The smallest absolute Gasteiger partial charge is 0.308 e. The van der Waals surface area contributed by atoms with E-state index in [0.717, 1.165) is 38.9 Å². The number of ether oxygens (including phenoxy) is 1. The Morgan fingerprint density at radius 3 is 2.54 bits per heavy atom. The molecule has 0 saturated carbocycles. The standard InChI is InChI=1S/C26H26N6O2S/c1-15-16(2)35-26-23(15)24(29-21(13-22(33)34-4)25-31-30-17(3)32(25)26)19-5-7-20(8-6-19)28-14-18-9-11-27-12-10-18/h5-12,21,28H,13-14H2,1-4H3/t21-/m0/s1. The number of hydrogen-bond donors (Lipinski definition) is 1. The molecule has 178 valence electrons.